The second kappa shape index (κ2) is 7.75. The monoisotopic (exact) mass is 383 g/mol. The van der Waals surface area contributed by atoms with Crippen LogP contribution in [0.3, 0.4) is 0 Å². The summed E-state index contributed by atoms with van der Waals surface area (Å²) in [5.74, 6) is 0.407. The van der Waals surface area contributed by atoms with Crippen molar-refractivity contribution in [3.05, 3.63) is 63.8 Å². The Hall–Kier alpha value is -2.93. The molecule has 0 unspecified atom stereocenters. The van der Waals surface area contributed by atoms with E-state index in [1.165, 1.54) is 4.90 Å². The van der Waals surface area contributed by atoms with Gasteiger partial charge in [0.15, 0.2) is 5.76 Å². The van der Waals surface area contributed by atoms with Crippen LogP contribution in [0.1, 0.15) is 44.6 Å². The summed E-state index contributed by atoms with van der Waals surface area (Å²) in [5, 5.41) is 5.87. The van der Waals surface area contributed by atoms with Gasteiger partial charge in [0.25, 0.3) is 11.8 Å². The van der Waals surface area contributed by atoms with E-state index in [4.69, 9.17) is 4.42 Å². The molecule has 0 fully saturated rings. The highest BCUT2D eigenvalue weighted by atomic mass is 32.1. The first kappa shape index (κ1) is 18.8. The van der Waals surface area contributed by atoms with Crippen LogP contribution >= 0.6 is 11.3 Å². The molecule has 0 spiro atoms. The molecule has 0 saturated carbocycles. The Morgan fingerprint density at radius 2 is 2.00 bits per heavy atom. The third-order valence-corrected chi connectivity index (χ3v) is 4.85. The molecule has 0 bridgehead atoms. The van der Waals surface area contributed by atoms with Gasteiger partial charge in [-0.2, -0.15) is 0 Å². The molecule has 0 aliphatic carbocycles. The topological polar surface area (TPSA) is 75.4 Å². The lowest BCUT2D eigenvalue weighted by atomic mass is 10.1. The Balaban J connectivity index is 1.77. The van der Waals surface area contributed by atoms with Gasteiger partial charge in [-0.3, -0.25) is 9.59 Å². The minimum atomic E-state index is -0.206. The molecule has 3 aromatic rings. The smallest absolute Gasteiger partial charge is 0.289 e. The van der Waals surface area contributed by atoms with Crippen LogP contribution < -0.4 is 5.32 Å². The molecular weight excluding hydrogens is 362 g/mol. The van der Waals surface area contributed by atoms with E-state index in [1.807, 2.05) is 25.3 Å². The fourth-order valence-corrected chi connectivity index (χ4v) is 3.28. The maximum Gasteiger partial charge on any atom is 0.289 e. The van der Waals surface area contributed by atoms with Crippen LogP contribution in [0.15, 0.2) is 46.2 Å². The van der Waals surface area contributed by atoms with Gasteiger partial charge in [-0.05, 0) is 38.1 Å². The normalized spacial score (nSPS) is 11.9. The van der Waals surface area contributed by atoms with Crippen molar-refractivity contribution in [1.82, 2.24) is 15.2 Å². The number of furan rings is 1. The van der Waals surface area contributed by atoms with Gasteiger partial charge in [-0.15, -0.1) is 11.3 Å². The molecule has 7 heteroatoms. The second-order valence-corrected chi connectivity index (χ2v) is 7.49. The summed E-state index contributed by atoms with van der Waals surface area (Å²) in [4.78, 5) is 30.4. The summed E-state index contributed by atoms with van der Waals surface area (Å²) >= 11 is 1.56. The van der Waals surface area contributed by atoms with Gasteiger partial charge in [-0.25, -0.2) is 4.98 Å². The predicted octanol–water partition coefficient (Wildman–Crippen LogP) is 3.90. The van der Waals surface area contributed by atoms with Crippen LogP contribution in [0, 0.1) is 6.92 Å². The molecular formula is C20H21N3O3S. The van der Waals surface area contributed by atoms with Crippen molar-refractivity contribution in [2.24, 2.45) is 0 Å². The van der Waals surface area contributed by atoms with Crippen LogP contribution in [0.2, 0.25) is 0 Å². The lowest BCUT2D eigenvalue weighted by Gasteiger charge is -2.12. The minimum absolute atomic E-state index is 0.181. The summed E-state index contributed by atoms with van der Waals surface area (Å²) in [6, 6.07) is 10.3. The minimum Gasteiger partial charge on any atom is -0.451 e. The second-order valence-electron chi connectivity index (χ2n) is 6.43. The van der Waals surface area contributed by atoms with Gasteiger partial charge < -0.3 is 14.6 Å². The van der Waals surface area contributed by atoms with E-state index in [1.54, 1.807) is 55.8 Å². The number of rotatable bonds is 5. The first-order chi connectivity index (χ1) is 12.8. The van der Waals surface area contributed by atoms with Crippen LogP contribution in [0.25, 0.3) is 11.3 Å². The van der Waals surface area contributed by atoms with Crippen LogP contribution in [-0.4, -0.2) is 35.8 Å². The summed E-state index contributed by atoms with van der Waals surface area (Å²) < 4.78 is 5.65. The van der Waals surface area contributed by atoms with Crippen molar-refractivity contribution in [3.63, 3.8) is 0 Å². The highest BCUT2D eigenvalue weighted by molar-refractivity contribution is 7.09. The Bertz CT molecular complexity index is 974. The van der Waals surface area contributed by atoms with E-state index in [-0.39, 0.29) is 23.6 Å². The molecule has 2 amide bonds. The lowest BCUT2D eigenvalue weighted by molar-refractivity contribution is 0.0797. The van der Waals surface area contributed by atoms with E-state index < -0.39 is 0 Å². The van der Waals surface area contributed by atoms with E-state index >= 15 is 0 Å². The summed E-state index contributed by atoms with van der Waals surface area (Å²) in [7, 11) is 3.33. The van der Waals surface area contributed by atoms with Gasteiger partial charge in [0, 0.05) is 30.6 Å². The number of nitrogens with zero attached hydrogens (tertiary/aromatic N) is 2. The number of aryl methyl sites for hydroxylation is 1. The number of amides is 2. The van der Waals surface area contributed by atoms with Crippen LogP contribution in [-0.2, 0) is 0 Å². The maximum absolute atomic E-state index is 12.6. The van der Waals surface area contributed by atoms with Gasteiger partial charge >= 0.3 is 0 Å². The standard InChI is InChI=1S/C20H21N3O3S/c1-12(16-11-27-13(2)22-16)21-19(24)15-7-5-6-14(10-15)17-8-9-18(26-17)20(25)23(3)4/h5-12H,1-4H3,(H,21,24)/t12-/m0/s1. The Labute approximate surface area is 161 Å². The number of aromatic nitrogens is 1. The van der Waals surface area contributed by atoms with Crippen molar-refractivity contribution in [2.45, 2.75) is 19.9 Å². The molecule has 140 valence electrons. The number of carbonyl (C=O) groups is 2. The van der Waals surface area contributed by atoms with Crippen LogP contribution in [0.4, 0.5) is 0 Å². The number of nitrogens with one attached hydrogen (secondary N) is 1. The highest BCUT2D eigenvalue weighted by Gasteiger charge is 2.16. The molecule has 0 saturated heterocycles. The number of thiazole rings is 1. The zero-order valence-electron chi connectivity index (χ0n) is 15.6. The van der Waals surface area contributed by atoms with Crippen molar-refractivity contribution in [2.75, 3.05) is 14.1 Å². The van der Waals surface area contributed by atoms with E-state index in [9.17, 15) is 9.59 Å². The zero-order chi connectivity index (χ0) is 19.6. The molecule has 2 heterocycles. The first-order valence-corrected chi connectivity index (χ1v) is 9.38. The SMILES string of the molecule is Cc1nc([C@H](C)NC(=O)c2cccc(-c3ccc(C(=O)N(C)C)o3)c2)cs1. The molecule has 3 rings (SSSR count). The summed E-state index contributed by atoms with van der Waals surface area (Å²) in [5.41, 5.74) is 2.10. The lowest BCUT2D eigenvalue weighted by Crippen LogP contribution is -2.26. The van der Waals surface area contributed by atoms with Gasteiger partial charge in [-0.1, -0.05) is 12.1 Å². The molecule has 27 heavy (non-hydrogen) atoms. The molecule has 0 aliphatic rings. The predicted molar refractivity (Wildman–Crippen MR) is 105 cm³/mol. The van der Waals surface area contributed by atoms with E-state index in [2.05, 4.69) is 10.3 Å². The molecule has 0 aliphatic heterocycles. The van der Waals surface area contributed by atoms with Crippen molar-refractivity contribution in [1.29, 1.82) is 0 Å². The third-order valence-electron chi connectivity index (χ3n) is 4.06. The van der Waals surface area contributed by atoms with Gasteiger partial charge in [0.05, 0.1) is 16.7 Å². The number of hydrogen-bond donors (Lipinski definition) is 1. The van der Waals surface area contributed by atoms with E-state index in [0.29, 0.717) is 11.3 Å². The number of carbonyl (C=O) groups excluding carboxylic acids is 2. The first-order valence-electron chi connectivity index (χ1n) is 8.50. The largest absolute Gasteiger partial charge is 0.451 e. The van der Waals surface area contributed by atoms with Crippen LogP contribution in [0.5, 0.6) is 0 Å². The number of benzene rings is 1. The Morgan fingerprint density at radius 3 is 2.67 bits per heavy atom. The molecule has 0 radical (unpaired) electrons. The Morgan fingerprint density at radius 1 is 1.22 bits per heavy atom. The quantitative estimate of drug-likeness (QED) is 0.725. The summed E-state index contributed by atoms with van der Waals surface area (Å²) in [6.45, 7) is 3.84. The third kappa shape index (κ3) is 4.25. The molecule has 2 aromatic heterocycles. The molecule has 1 N–H and O–H groups in total. The molecule has 6 nitrogen and oxygen atoms in total. The van der Waals surface area contributed by atoms with Crippen molar-refractivity contribution >= 4 is 23.2 Å². The van der Waals surface area contributed by atoms with Crippen molar-refractivity contribution in [3.8, 4) is 11.3 Å². The summed E-state index contributed by atoms with van der Waals surface area (Å²) in [6.07, 6.45) is 0. The highest BCUT2D eigenvalue weighted by Crippen LogP contribution is 2.24. The Kier molecular flexibility index (Phi) is 5.41. The zero-order valence-corrected chi connectivity index (χ0v) is 16.5. The fourth-order valence-electron chi connectivity index (χ4n) is 2.58. The van der Waals surface area contributed by atoms with Gasteiger partial charge in [0.2, 0.25) is 0 Å². The average Bonchev–Trinajstić information content (AvgIpc) is 3.30. The fraction of sp³-hybridized carbons (Fsp3) is 0.250. The van der Waals surface area contributed by atoms with E-state index in [0.717, 1.165) is 16.3 Å². The maximum atomic E-state index is 12.6. The number of hydrogen-bond acceptors (Lipinski definition) is 5. The molecule has 1 atom stereocenters. The molecule has 1 aromatic carbocycles. The van der Waals surface area contributed by atoms with Crippen molar-refractivity contribution < 1.29 is 14.0 Å². The van der Waals surface area contributed by atoms with Gasteiger partial charge in [0.1, 0.15) is 5.76 Å². The average molecular weight is 383 g/mol.